The maximum atomic E-state index is 11.8. The highest BCUT2D eigenvalue weighted by Crippen LogP contribution is 2.31. The molecule has 2 aromatic heterocycles. The molecule has 0 saturated carbocycles. The Morgan fingerprint density at radius 1 is 0.824 bits per heavy atom. The zero-order valence-corrected chi connectivity index (χ0v) is 19.6. The summed E-state index contributed by atoms with van der Waals surface area (Å²) < 4.78 is 3.89. The van der Waals surface area contributed by atoms with Gasteiger partial charge in [0.15, 0.2) is 0 Å². The molecule has 0 spiro atoms. The molecular weight excluding hydrogens is 469 g/mol. The van der Waals surface area contributed by atoms with Crippen molar-refractivity contribution >= 4 is 29.2 Å². The SMILES string of the molecule is Cc1c(C(=O)O)cc(-c2ccc(Cl)cc2)n1-c1ccc(-c2cn(-c3ccc(Cl)cc3)cn2)cc1. The van der Waals surface area contributed by atoms with E-state index >= 15 is 0 Å². The van der Waals surface area contributed by atoms with Gasteiger partial charge < -0.3 is 14.2 Å². The molecule has 0 aliphatic heterocycles. The first-order valence-corrected chi connectivity index (χ1v) is 11.3. The number of carboxylic acid groups (broad SMARTS) is 1. The molecule has 2 heterocycles. The Morgan fingerprint density at radius 3 is 2.00 bits per heavy atom. The lowest BCUT2D eigenvalue weighted by Gasteiger charge is -2.13. The number of hydrogen-bond acceptors (Lipinski definition) is 2. The quantitative estimate of drug-likeness (QED) is 0.282. The molecule has 0 saturated heterocycles. The maximum Gasteiger partial charge on any atom is 0.337 e. The largest absolute Gasteiger partial charge is 0.478 e. The summed E-state index contributed by atoms with van der Waals surface area (Å²) in [6, 6.07) is 24.5. The summed E-state index contributed by atoms with van der Waals surface area (Å²) in [5, 5.41) is 11.0. The molecule has 3 aromatic carbocycles. The molecule has 0 fully saturated rings. The molecule has 168 valence electrons. The molecule has 0 bridgehead atoms. The topological polar surface area (TPSA) is 60.0 Å². The van der Waals surface area contributed by atoms with E-state index in [9.17, 15) is 9.90 Å². The summed E-state index contributed by atoms with van der Waals surface area (Å²) in [7, 11) is 0. The molecule has 0 unspecified atom stereocenters. The molecule has 5 rings (SSSR count). The van der Waals surface area contributed by atoms with Crippen LogP contribution in [0.4, 0.5) is 0 Å². The number of imidazole rings is 1. The van der Waals surface area contributed by atoms with Gasteiger partial charge in [-0.25, -0.2) is 9.78 Å². The first-order valence-electron chi connectivity index (χ1n) is 10.5. The lowest BCUT2D eigenvalue weighted by atomic mass is 10.1. The Kier molecular flexibility index (Phi) is 5.74. The van der Waals surface area contributed by atoms with Crippen LogP contribution in [0.2, 0.25) is 10.0 Å². The lowest BCUT2D eigenvalue weighted by molar-refractivity contribution is 0.0696. The summed E-state index contributed by atoms with van der Waals surface area (Å²) in [5.41, 5.74) is 6.18. The van der Waals surface area contributed by atoms with Crippen LogP contribution in [0.5, 0.6) is 0 Å². The Morgan fingerprint density at radius 2 is 1.38 bits per heavy atom. The van der Waals surface area contributed by atoms with Gasteiger partial charge >= 0.3 is 5.97 Å². The van der Waals surface area contributed by atoms with E-state index < -0.39 is 5.97 Å². The van der Waals surface area contributed by atoms with Crippen LogP contribution >= 0.6 is 23.2 Å². The molecule has 0 amide bonds. The predicted octanol–water partition coefficient (Wildman–Crippen LogP) is 7.31. The second-order valence-corrected chi connectivity index (χ2v) is 8.74. The van der Waals surface area contributed by atoms with E-state index in [4.69, 9.17) is 23.2 Å². The molecule has 7 heteroatoms. The fourth-order valence-electron chi connectivity index (χ4n) is 4.00. The maximum absolute atomic E-state index is 11.8. The summed E-state index contributed by atoms with van der Waals surface area (Å²) in [6.07, 6.45) is 3.72. The minimum atomic E-state index is -0.962. The van der Waals surface area contributed by atoms with E-state index in [0.29, 0.717) is 15.7 Å². The fourth-order valence-corrected chi connectivity index (χ4v) is 4.25. The van der Waals surface area contributed by atoms with Crippen LogP contribution in [0.1, 0.15) is 16.1 Å². The molecule has 5 nitrogen and oxygen atoms in total. The number of rotatable bonds is 5. The van der Waals surface area contributed by atoms with Crippen molar-refractivity contribution in [2.75, 3.05) is 0 Å². The van der Waals surface area contributed by atoms with Gasteiger partial charge in [-0.15, -0.1) is 0 Å². The van der Waals surface area contributed by atoms with Crippen LogP contribution in [0, 0.1) is 6.92 Å². The van der Waals surface area contributed by atoms with Crippen LogP contribution in [-0.4, -0.2) is 25.2 Å². The Labute approximate surface area is 206 Å². The standard InChI is InChI=1S/C27H19Cl2N3O2/c1-17-24(27(33)34)14-26(19-2-6-20(28)7-3-19)32(17)23-10-4-18(5-11-23)25-15-31(16-30-25)22-12-8-21(29)9-13-22/h2-16H,1H3,(H,33,34). The molecular formula is C27H19Cl2N3O2. The van der Waals surface area contributed by atoms with E-state index in [0.717, 1.165) is 33.9 Å². The van der Waals surface area contributed by atoms with Crippen molar-refractivity contribution in [3.05, 3.63) is 113 Å². The Bertz CT molecular complexity index is 1480. The van der Waals surface area contributed by atoms with Crippen molar-refractivity contribution in [2.24, 2.45) is 0 Å². The highest BCUT2D eigenvalue weighted by atomic mass is 35.5. The number of aromatic nitrogens is 3. The minimum absolute atomic E-state index is 0.260. The van der Waals surface area contributed by atoms with Crippen molar-refractivity contribution in [1.82, 2.24) is 14.1 Å². The smallest absolute Gasteiger partial charge is 0.337 e. The first-order chi connectivity index (χ1) is 16.4. The molecule has 1 N–H and O–H groups in total. The zero-order chi connectivity index (χ0) is 23.8. The number of carbonyl (C=O) groups is 1. The fraction of sp³-hybridized carbons (Fsp3) is 0.0370. The number of nitrogens with zero attached hydrogens (tertiary/aromatic N) is 3. The number of carboxylic acids is 1. The van der Waals surface area contributed by atoms with Gasteiger partial charge in [-0.05, 0) is 67.1 Å². The van der Waals surface area contributed by atoms with Crippen molar-refractivity contribution in [3.63, 3.8) is 0 Å². The van der Waals surface area contributed by atoms with Gasteiger partial charge in [-0.2, -0.15) is 0 Å². The van der Waals surface area contributed by atoms with Crippen LogP contribution < -0.4 is 0 Å². The van der Waals surface area contributed by atoms with Crippen LogP contribution in [0.15, 0.2) is 91.4 Å². The van der Waals surface area contributed by atoms with Crippen LogP contribution in [0.3, 0.4) is 0 Å². The zero-order valence-electron chi connectivity index (χ0n) is 18.1. The lowest BCUT2D eigenvalue weighted by Crippen LogP contribution is -2.02. The molecule has 0 radical (unpaired) electrons. The van der Waals surface area contributed by atoms with E-state index in [1.54, 1.807) is 24.5 Å². The number of hydrogen-bond donors (Lipinski definition) is 1. The normalized spacial score (nSPS) is 11.0. The van der Waals surface area contributed by atoms with Crippen molar-refractivity contribution in [2.45, 2.75) is 6.92 Å². The Balaban J connectivity index is 1.52. The van der Waals surface area contributed by atoms with E-state index in [1.807, 2.05) is 82.9 Å². The van der Waals surface area contributed by atoms with E-state index in [-0.39, 0.29) is 5.56 Å². The summed E-state index contributed by atoms with van der Waals surface area (Å²) >= 11 is 12.0. The molecule has 0 aliphatic rings. The second-order valence-electron chi connectivity index (χ2n) is 7.87. The first kappa shape index (κ1) is 22.0. The van der Waals surface area contributed by atoms with Gasteiger partial charge in [0, 0.05) is 38.9 Å². The van der Waals surface area contributed by atoms with Crippen molar-refractivity contribution in [3.8, 4) is 33.9 Å². The van der Waals surface area contributed by atoms with Gasteiger partial charge in [-0.3, -0.25) is 0 Å². The Hall–Kier alpha value is -3.80. The number of aromatic carboxylic acids is 1. The van der Waals surface area contributed by atoms with Gasteiger partial charge in [0.25, 0.3) is 0 Å². The third kappa shape index (κ3) is 4.12. The molecule has 0 atom stereocenters. The third-order valence-electron chi connectivity index (χ3n) is 5.75. The number of benzene rings is 3. The minimum Gasteiger partial charge on any atom is -0.478 e. The highest BCUT2D eigenvalue weighted by molar-refractivity contribution is 6.30. The molecule has 34 heavy (non-hydrogen) atoms. The average Bonchev–Trinajstić information content (AvgIpc) is 3.46. The monoisotopic (exact) mass is 487 g/mol. The van der Waals surface area contributed by atoms with Crippen molar-refractivity contribution < 1.29 is 9.90 Å². The summed E-state index contributed by atoms with van der Waals surface area (Å²) in [4.78, 5) is 16.4. The van der Waals surface area contributed by atoms with Gasteiger partial charge in [0.05, 0.1) is 23.3 Å². The molecule has 0 aliphatic carbocycles. The number of halogens is 2. The second kappa shape index (κ2) is 8.86. The van der Waals surface area contributed by atoms with Gasteiger partial charge in [-0.1, -0.05) is 47.5 Å². The van der Waals surface area contributed by atoms with E-state index in [1.165, 1.54) is 0 Å². The third-order valence-corrected chi connectivity index (χ3v) is 6.25. The van der Waals surface area contributed by atoms with E-state index in [2.05, 4.69) is 4.98 Å². The van der Waals surface area contributed by atoms with Crippen LogP contribution in [0.25, 0.3) is 33.9 Å². The summed E-state index contributed by atoms with van der Waals surface area (Å²) in [6.45, 7) is 1.81. The summed E-state index contributed by atoms with van der Waals surface area (Å²) in [5.74, 6) is -0.962. The van der Waals surface area contributed by atoms with Crippen molar-refractivity contribution in [1.29, 1.82) is 0 Å². The average molecular weight is 488 g/mol. The van der Waals surface area contributed by atoms with Gasteiger partial charge in [0.1, 0.15) is 0 Å². The predicted molar refractivity (Wildman–Crippen MR) is 135 cm³/mol. The van der Waals surface area contributed by atoms with Gasteiger partial charge in [0.2, 0.25) is 0 Å². The molecule has 5 aromatic rings. The van der Waals surface area contributed by atoms with Crippen LogP contribution in [-0.2, 0) is 0 Å². The highest BCUT2D eigenvalue weighted by Gasteiger charge is 2.19.